The van der Waals surface area contributed by atoms with Gasteiger partial charge < -0.3 is 5.32 Å². The first kappa shape index (κ1) is 11.0. The molecule has 1 aliphatic rings. The number of nitrogens with one attached hydrogen (secondary N) is 1. The Morgan fingerprint density at radius 3 is 2.62 bits per heavy atom. The molecule has 1 aliphatic heterocycles. The van der Waals surface area contributed by atoms with Crippen molar-refractivity contribution in [2.45, 2.75) is 12.5 Å². The van der Waals surface area contributed by atoms with Crippen molar-refractivity contribution in [1.82, 2.24) is 5.32 Å². The summed E-state index contributed by atoms with van der Waals surface area (Å²) in [5.41, 5.74) is 1.04. The Morgan fingerprint density at radius 2 is 2.15 bits per heavy atom. The van der Waals surface area contributed by atoms with E-state index in [0.29, 0.717) is 10.5 Å². The molecule has 1 N–H and O–H groups in total. The van der Waals surface area contributed by atoms with Crippen molar-refractivity contribution in [3.8, 4) is 0 Å². The van der Waals surface area contributed by atoms with E-state index in [1.807, 2.05) is 6.07 Å². The Hall–Kier alpha value is -0.120. The third-order valence-electron chi connectivity index (χ3n) is 2.17. The molecule has 1 heterocycles. The number of halogens is 3. The third-order valence-corrected chi connectivity index (χ3v) is 2.81. The fourth-order valence-electron chi connectivity index (χ4n) is 1.30. The second kappa shape index (κ2) is 4.40. The van der Waals surface area contributed by atoms with E-state index in [2.05, 4.69) is 21.2 Å². The summed E-state index contributed by atoms with van der Waals surface area (Å²) >= 11 is 3.12. The molecule has 1 aromatic carbocycles. The molecule has 1 saturated heterocycles. The van der Waals surface area contributed by atoms with Gasteiger partial charge in [-0.1, -0.05) is 6.07 Å². The van der Waals surface area contributed by atoms with E-state index < -0.39 is 0 Å². The Morgan fingerprint density at radius 1 is 1.46 bits per heavy atom. The Bertz CT molecular complexity index is 302. The molecule has 0 saturated carbocycles. The lowest BCUT2D eigenvalue weighted by molar-refractivity contribution is 0.382. The summed E-state index contributed by atoms with van der Waals surface area (Å²) in [7, 11) is 0. The van der Waals surface area contributed by atoms with Crippen molar-refractivity contribution in [2.24, 2.45) is 0 Å². The first-order valence-electron chi connectivity index (χ1n) is 3.96. The van der Waals surface area contributed by atoms with Crippen LogP contribution in [-0.2, 0) is 0 Å². The number of rotatable bonds is 1. The second-order valence-corrected chi connectivity index (χ2v) is 3.82. The summed E-state index contributed by atoms with van der Waals surface area (Å²) in [5.74, 6) is -0.179. The highest BCUT2D eigenvalue weighted by Crippen LogP contribution is 2.25. The molecule has 1 atom stereocenters. The van der Waals surface area contributed by atoms with E-state index >= 15 is 0 Å². The van der Waals surface area contributed by atoms with Crippen LogP contribution in [0.5, 0.6) is 0 Å². The Labute approximate surface area is 91.3 Å². The monoisotopic (exact) mass is 265 g/mol. The summed E-state index contributed by atoms with van der Waals surface area (Å²) in [4.78, 5) is 0. The van der Waals surface area contributed by atoms with Crippen molar-refractivity contribution >= 4 is 28.3 Å². The van der Waals surface area contributed by atoms with Gasteiger partial charge in [0.2, 0.25) is 0 Å². The molecular weight excluding hydrogens is 256 g/mol. The summed E-state index contributed by atoms with van der Waals surface area (Å²) < 4.78 is 13.6. The van der Waals surface area contributed by atoms with Crippen LogP contribution in [-0.4, -0.2) is 6.54 Å². The summed E-state index contributed by atoms with van der Waals surface area (Å²) in [5, 5.41) is 3.23. The number of benzene rings is 1. The number of hydrogen-bond acceptors (Lipinski definition) is 1. The van der Waals surface area contributed by atoms with Crippen LogP contribution in [0.2, 0.25) is 0 Å². The van der Waals surface area contributed by atoms with E-state index in [1.165, 1.54) is 0 Å². The van der Waals surface area contributed by atoms with Crippen molar-refractivity contribution in [3.63, 3.8) is 0 Å². The van der Waals surface area contributed by atoms with Gasteiger partial charge in [-0.3, -0.25) is 0 Å². The Balaban J connectivity index is 0.000000845. The maximum absolute atomic E-state index is 13.0. The molecule has 0 unspecified atom stereocenters. The van der Waals surface area contributed by atoms with E-state index in [1.54, 1.807) is 12.1 Å². The van der Waals surface area contributed by atoms with Gasteiger partial charge in [-0.2, -0.15) is 0 Å². The van der Waals surface area contributed by atoms with Crippen molar-refractivity contribution in [3.05, 3.63) is 34.1 Å². The van der Waals surface area contributed by atoms with Crippen LogP contribution in [0.1, 0.15) is 18.0 Å². The van der Waals surface area contributed by atoms with Crippen LogP contribution in [0.15, 0.2) is 22.7 Å². The predicted octanol–water partition coefficient (Wildman–Crippen LogP) is 3.04. The minimum absolute atomic E-state index is 0. The van der Waals surface area contributed by atoms with Gasteiger partial charge in [0.1, 0.15) is 5.82 Å². The molecule has 0 spiro atoms. The highest BCUT2D eigenvalue weighted by atomic mass is 79.9. The number of hydrogen-bond donors (Lipinski definition) is 1. The molecule has 13 heavy (non-hydrogen) atoms. The quantitative estimate of drug-likeness (QED) is 0.824. The highest BCUT2D eigenvalue weighted by Gasteiger charge is 2.18. The van der Waals surface area contributed by atoms with E-state index in [4.69, 9.17) is 0 Å². The molecule has 0 aliphatic carbocycles. The fraction of sp³-hybridized carbons (Fsp3) is 0.333. The molecule has 2 rings (SSSR count). The predicted molar refractivity (Wildman–Crippen MR) is 56.7 cm³/mol. The zero-order chi connectivity index (χ0) is 8.55. The first-order chi connectivity index (χ1) is 5.77. The van der Waals surface area contributed by atoms with Crippen LogP contribution >= 0.6 is 28.3 Å². The van der Waals surface area contributed by atoms with Gasteiger partial charge in [0.15, 0.2) is 0 Å². The molecule has 72 valence electrons. The fourth-order valence-corrected chi connectivity index (χ4v) is 1.55. The van der Waals surface area contributed by atoms with Gasteiger partial charge >= 0.3 is 0 Å². The van der Waals surface area contributed by atoms with E-state index in [0.717, 1.165) is 18.5 Å². The van der Waals surface area contributed by atoms with Gasteiger partial charge in [-0.15, -0.1) is 12.4 Å². The molecule has 1 fully saturated rings. The van der Waals surface area contributed by atoms with Crippen LogP contribution in [0, 0.1) is 5.82 Å². The lowest BCUT2D eigenvalue weighted by atomic mass is 9.98. The molecule has 1 nitrogen and oxygen atoms in total. The summed E-state index contributed by atoms with van der Waals surface area (Å²) in [6, 6.07) is 5.66. The van der Waals surface area contributed by atoms with Crippen LogP contribution < -0.4 is 5.32 Å². The SMILES string of the molecule is Cl.Fc1cc([C@@H]2CCN2)ccc1Br. The lowest BCUT2D eigenvalue weighted by Gasteiger charge is -2.28. The third kappa shape index (κ3) is 2.22. The van der Waals surface area contributed by atoms with Crippen LogP contribution in [0.4, 0.5) is 4.39 Å². The van der Waals surface area contributed by atoms with Gasteiger partial charge in [0, 0.05) is 6.04 Å². The van der Waals surface area contributed by atoms with Gasteiger partial charge in [-0.25, -0.2) is 4.39 Å². The molecule has 0 radical (unpaired) electrons. The molecule has 0 amide bonds. The van der Waals surface area contributed by atoms with Crippen molar-refractivity contribution < 1.29 is 4.39 Å². The Kier molecular flexibility index (Phi) is 3.71. The van der Waals surface area contributed by atoms with E-state index in [-0.39, 0.29) is 18.2 Å². The standard InChI is InChI=1S/C9H9BrFN.ClH/c10-7-2-1-6(5-8(7)11)9-3-4-12-9;/h1-2,5,9,12H,3-4H2;1H/t9-;/m0./s1. The molecule has 0 aromatic heterocycles. The van der Waals surface area contributed by atoms with Crippen LogP contribution in [0.25, 0.3) is 0 Å². The minimum Gasteiger partial charge on any atom is -0.310 e. The van der Waals surface area contributed by atoms with Crippen molar-refractivity contribution in [1.29, 1.82) is 0 Å². The molecule has 1 aromatic rings. The minimum atomic E-state index is -0.179. The van der Waals surface area contributed by atoms with E-state index in [9.17, 15) is 4.39 Å². The van der Waals surface area contributed by atoms with Gasteiger partial charge in [-0.05, 0) is 46.6 Å². The zero-order valence-corrected chi connectivity index (χ0v) is 9.29. The molecule has 0 bridgehead atoms. The average molecular weight is 267 g/mol. The van der Waals surface area contributed by atoms with Crippen LogP contribution in [0.3, 0.4) is 0 Å². The highest BCUT2D eigenvalue weighted by molar-refractivity contribution is 9.10. The molecular formula is C9H10BrClFN. The van der Waals surface area contributed by atoms with Gasteiger partial charge in [0.05, 0.1) is 4.47 Å². The normalized spacial score (nSPS) is 20.3. The lowest BCUT2D eigenvalue weighted by Crippen LogP contribution is -2.34. The summed E-state index contributed by atoms with van der Waals surface area (Å²) in [6.07, 6.45) is 1.11. The smallest absolute Gasteiger partial charge is 0.137 e. The second-order valence-electron chi connectivity index (χ2n) is 2.97. The van der Waals surface area contributed by atoms with Crippen molar-refractivity contribution in [2.75, 3.05) is 6.54 Å². The average Bonchev–Trinajstić information content (AvgIpc) is 1.93. The maximum atomic E-state index is 13.0. The van der Waals surface area contributed by atoms with Gasteiger partial charge in [0.25, 0.3) is 0 Å². The topological polar surface area (TPSA) is 12.0 Å². The maximum Gasteiger partial charge on any atom is 0.137 e. The largest absolute Gasteiger partial charge is 0.310 e. The molecule has 4 heteroatoms. The first-order valence-corrected chi connectivity index (χ1v) is 4.75. The summed E-state index contributed by atoms with van der Waals surface area (Å²) in [6.45, 7) is 1.04. The zero-order valence-electron chi connectivity index (χ0n) is 6.89.